The molecular weight excluding hydrogens is 897 g/mol. The number of ether oxygens (including phenoxy) is 4. The van der Waals surface area contributed by atoms with Crippen molar-refractivity contribution >= 4 is 47.1 Å². The maximum atomic E-state index is 14.5. The second-order valence-corrected chi connectivity index (χ2v) is 19.8. The zero-order valence-electron chi connectivity index (χ0n) is 44.3. The lowest BCUT2D eigenvalue weighted by Gasteiger charge is -2.40. The van der Waals surface area contributed by atoms with E-state index in [4.69, 9.17) is 23.9 Å². The number of aliphatic imine (C=N–C) groups is 1. The molecule has 2 aliphatic heterocycles. The number of carbonyl (C=O) groups is 7. The molecule has 0 aliphatic carbocycles. The van der Waals surface area contributed by atoms with E-state index < -0.39 is 54.2 Å². The number of amides is 5. The van der Waals surface area contributed by atoms with Crippen LogP contribution in [0.4, 0.5) is 0 Å². The first-order valence-corrected chi connectivity index (χ1v) is 25.2. The number of esters is 1. The molecule has 0 unspecified atom stereocenters. The molecule has 0 bridgehead atoms. The van der Waals surface area contributed by atoms with Gasteiger partial charge in [-0.05, 0) is 50.0 Å². The van der Waals surface area contributed by atoms with Crippen molar-refractivity contribution in [1.82, 2.24) is 24.9 Å². The Balaban J connectivity index is 1.68. The molecule has 0 radical (unpaired) electrons. The van der Waals surface area contributed by atoms with Crippen LogP contribution >= 0.6 is 0 Å². The molecule has 5 amide bonds. The Bertz CT molecular complexity index is 1910. The van der Waals surface area contributed by atoms with Gasteiger partial charge in [0, 0.05) is 91.3 Å². The van der Waals surface area contributed by atoms with E-state index in [9.17, 15) is 33.6 Å². The molecule has 1 aromatic rings. The van der Waals surface area contributed by atoms with Crippen LogP contribution in [0.3, 0.4) is 0 Å². The highest BCUT2D eigenvalue weighted by atomic mass is 16.5. The highest BCUT2D eigenvalue weighted by Crippen LogP contribution is 2.31. The van der Waals surface area contributed by atoms with Crippen molar-refractivity contribution in [1.29, 1.82) is 0 Å². The number of hydrogen-bond donors (Lipinski definition) is 1. The zero-order valence-corrected chi connectivity index (χ0v) is 44.3. The third-order valence-electron chi connectivity index (χ3n) is 13.5. The number of Topliss-reactive ketones (excluding diaryl/α,β-unsaturated/α-hetero) is 1. The molecule has 17 heteroatoms. The number of methoxy groups -OCH3 is 2. The van der Waals surface area contributed by atoms with E-state index in [0.717, 1.165) is 29.1 Å². The summed E-state index contributed by atoms with van der Waals surface area (Å²) in [5.74, 6) is -2.57. The molecule has 17 nitrogen and oxygen atoms in total. The number of nitrogens with zero attached hydrogens (tertiary/aromatic N) is 5. The summed E-state index contributed by atoms with van der Waals surface area (Å²) in [7, 11) is 8.78. The van der Waals surface area contributed by atoms with Crippen LogP contribution in [0.2, 0.25) is 0 Å². The summed E-state index contributed by atoms with van der Waals surface area (Å²) < 4.78 is 23.1. The second kappa shape index (κ2) is 29.4. The van der Waals surface area contributed by atoms with Crippen LogP contribution in [-0.4, -0.2) is 171 Å². The van der Waals surface area contributed by atoms with Crippen molar-refractivity contribution in [3.8, 4) is 0 Å². The predicted molar refractivity (Wildman–Crippen MR) is 268 cm³/mol. The molecule has 2 heterocycles. The van der Waals surface area contributed by atoms with Gasteiger partial charge >= 0.3 is 5.97 Å². The first-order chi connectivity index (χ1) is 33.2. The van der Waals surface area contributed by atoms with Gasteiger partial charge in [0.15, 0.2) is 0 Å². The average molecular weight is 981 g/mol. The Morgan fingerprint density at radius 3 is 2.11 bits per heavy atom. The van der Waals surface area contributed by atoms with E-state index in [2.05, 4.69) is 33.0 Å². The Kier molecular flexibility index (Phi) is 24.9. The van der Waals surface area contributed by atoms with Gasteiger partial charge in [-0.3, -0.25) is 43.5 Å². The zero-order chi connectivity index (χ0) is 52.2. The van der Waals surface area contributed by atoms with Crippen LogP contribution in [-0.2, 0) is 58.9 Å². The molecule has 0 aromatic heterocycles. The lowest BCUT2D eigenvalue weighted by atomic mass is 9.85. The van der Waals surface area contributed by atoms with Gasteiger partial charge in [0.2, 0.25) is 17.7 Å². The monoisotopic (exact) mass is 981 g/mol. The van der Waals surface area contributed by atoms with E-state index in [1.165, 1.54) is 12.2 Å². The van der Waals surface area contributed by atoms with Crippen molar-refractivity contribution in [2.24, 2.45) is 34.6 Å². The fourth-order valence-corrected chi connectivity index (χ4v) is 9.47. The first-order valence-electron chi connectivity index (χ1n) is 25.2. The number of likely N-dealkylation sites (tertiary alicyclic amines) is 1. The number of rotatable bonds is 30. The minimum absolute atomic E-state index is 0.00417. The van der Waals surface area contributed by atoms with Crippen molar-refractivity contribution in [3.05, 3.63) is 48.0 Å². The van der Waals surface area contributed by atoms with Crippen molar-refractivity contribution in [2.45, 2.75) is 143 Å². The third-order valence-corrected chi connectivity index (χ3v) is 13.5. The second-order valence-electron chi connectivity index (χ2n) is 19.8. The normalized spacial score (nSPS) is 18.6. The van der Waals surface area contributed by atoms with E-state index in [-0.39, 0.29) is 98.7 Å². The topological polar surface area (TPSA) is 194 Å². The van der Waals surface area contributed by atoms with E-state index >= 15 is 0 Å². The average Bonchev–Trinajstić information content (AvgIpc) is 3.94. The summed E-state index contributed by atoms with van der Waals surface area (Å²) in [6.45, 7) is 16.7. The Hall–Kier alpha value is -5.00. The van der Waals surface area contributed by atoms with E-state index in [1.807, 2.05) is 63.2 Å². The van der Waals surface area contributed by atoms with Gasteiger partial charge in [0.1, 0.15) is 24.3 Å². The molecular formula is C53H84N6O11. The minimum Gasteiger partial charge on any atom is -0.463 e. The summed E-state index contributed by atoms with van der Waals surface area (Å²) >= 11 is 0. The van der Waals surface area contributed by atoms with Crippen molar-refractivity contribution in [2.75, 3.05) is 68.3 Å². The van der Waals surface area contributed by atoms with Gasteiger partial charge in [0.25, 0.3) is 11.8 Å². The fourth-order valence-electron chi connectivity index (χ4n) is 9.47. The van der Waals surface area contributed by atoms with Crippen LogP contribution in [0.25, 0.3) is 0 Å². The highest BCUT2D eigenvalue weighted by molar-refractivity contribution is 6.12. The molecule has 2 aliphatic rings. The van der Waals surface area contributed by atoms with Gasteiger partial charge in [0.05, 0.1) is 49.9 Å². The molecule has 392 valence electrons. The third kappa shape index (κ3) is 17.4. The number of benzene rings is 1. The maximum absolute atomic E-state index is 14.5. The Morgan fingerprint density at radius 1 is 0.886 bits per heavy atom. The molecule has 3 rings (SSSR count). The highest BCUT2D eigenvalue weighted by Gasteiger charge is 2.43. The van der Waals surface area contributed by atoms with Crippen LogP contribution in [0.5, 0.6) is 0 Å². The van der Waals surface area contributed by atoms with Gasteiger partial charge < -0.3 is 39.0 Å². The first kappa shape index (κ1) is 59.3. The molecule has 1 aromatic carbocycles. The Morgan fingerprint density at radius 2 is 1.54 bits per heavy atom. The molecule has 1 saturated heterocycles. The smallest absolute Gasteiger partial charge is 0.305 e. The van der Waals surface area contributed by atoms with Gasteiger partial charge in [-0.2, -0.15) is 0 Å². The molecule has 1 fully saturated rings. The van der Waals surface area contributed by atoms with Gasteiger partial charge in [-0.25, -0.2) is 0 Å². The SMILES string of the molecule is CC[C@H](C)[C@@H]([C@@H](CC(=O)N1CCC[C@H]1[C@H](OC)[C@@H](C)C(=O)C[C@@H](Cc1ccccc1)C(=O)N[C@@H](C)COC(=O)CCCOCCN1C(=O)C=CC1=O)OC)N(C)C(=O)[C@@H](N=C(C(C)C)N(C)C)C(C)C. The number of likely N-dealkylation sites (N-methyl/N-ethyl adjacent to an activating group) is 1. The van der Waals surface area contributed by atoms with Gasteiger partial charge in [-0.1, -0.05) is 85.2 Å². The fraction of sp³-hybridized carbons (Fsp3) is 0.698. The van der Waals surface area contributed by atoms with Crippen molar-refractivity contribution < 1.29 is 52.5 Å². The number of nitrogens with one attached hydrogen (secondary N) is 1. The van der Waals surface area contributed by atoms with Gasteiger partial charge in [-0.15, -0.1) is 0 Å². The summed E-state index contributed by atoms with van der Waals surface area (Å²) in [6.07, 6.45) is 3.94. The molecule has 70 heavy (non-hydrogen) atoms. The molecule has 1 N–H and O–H groups in total. The summed E-state index contributed by atoms with van der Waals surface area (Å²) in [6, 6.07) is 7.46. The summed E-state index contributed by atoms with van der Waals surface area (Å²) in [5.41, 5.74) is 0.882. The largest absolute Gasteiger partial charge is 0.463 e. The number of hydrogen-bond acceptors (Lipinski definition) is 12. The maximum Gasteiger partial charge on any atom is 0.305 e. The lowest BCUT2D eigenvalue weighted by molar-refractivity contribution is -0.146. The summed E-state index contributed by atoms with van der Waals surface area (Å²) in [4.78, 5) is 104. The molecule has 0 spiro atoms. The van der Waals surface area contributed by atoms with Crippen LogP contribution in [0.15, 0.2) is 47.5 Å². The minimum atomic E-state index is -0.742. The number of carbonyl (C=O) groups excluding carboxylic acids is 7. The quantitative estimate of drug-likeness (QED) is 0.0352. The van der Waals surface area contributed by atoms with Crippen LogP contribution < -0.4 is 5.32 Å². The van der Waals surface area contributed by atoms with E-state index in [1.54, 1.807) is 44.9 Å². The van der Waals surface area contributed by atoms with Crippen LogP contribution in [0.1, 0.15) is 106 Å². The number of imide groups is 1. The molecule has 9 atom stereocenters. The summed E-state index contributed by atoms with van der Waals surface area (Å²) in [5, 5.41) is 2.94. The number of ketones is 1. The van der Waals surface area contributed by atoms with Crippen molar-refractivity contribution in [3.63, 3.8) is 0 Å². The van der Waals surface area contributed by atoms with E-state index in [0.29, 0.717) is 25.8 Å². The molecule has 0 saturated carbocycles. The number of amidine groups is 1. The van der Waals surface area contributed by atoms with Crippen LogP contribution in [0, 0.1) is 29.6 Å². The Labute approximate surface area is 417 Å². The predicted octanol–water partition coefficient (Wildman–Crippen LogP) is 5.14. The standard InChI is InChI=1S/C53H84N6O11/c1-14-36(6)49(57(11)53(66)48(34(2)3)55-51(35(4)5)56(9)10)43(67-12)32-46(63)58-26-18-22-41(58)50(68-13)38(8)42(60)31-40(30-39-20-16-15-17-21-39)52(65)54-37(7)33-70-47(64)23-19-28-69-29-27-59-44(61)24-25-45(59)62/h15-17,20-21,24-25,34-38,40-41,43,48-50H,14,18-19,22-23,26-33H2,1-13H3,(H,54,65)/t36-,37-,38-,40+,41-,43+,48-,49-,50+/m0/s1. The lowest BCUT2D eigenvalue weighted by Crippen LogP contribution is -2.54.